The summed E-state index contributed by atoms with van der Waals surface area (Å²) in [6, 6.07) is 5.68. The molecule has 32 heavy (non-hydrogen) atoms. The number of hydrogen-bond donors (Lipinski definition) is 2. The van der Waals surface area contributed by atoms with Crippen LogP contribution in [-0.4, -0.2) is 39.3 Å². The topological polar surface area (TPSA) is 96.7 Å². The van der Waals surface area contributed by atoms with Crippen molar-refractivity contribution < 1.29 is 28.9 Å². The molecule has 1 aliphatic rings. The van der Waals surface area contributed by atoms with Crippen molar-refractivity contribution in [2.24, 2.45) is 0 Å². The molecule has 0 unspecified atom stereocenters. The van der Waals surface area contributed by atoms with Crippen molar-refractivity contribution in [3.05, 3.63) is 58.7 Å². The average molecular weight is 441 g/mol. The maximum absolute atomic E-state index is 13.6. The van der Waals surface area contributed by atoms with Gasteiger partial charge in [0.05, 0.1) is 29.5 Å². The first-order valence-electron chi connectivity index (χ1n) is 10.7. The SMILES string of the molecule is CC(C)c1nc(C(C)C)c(C(=O)O)c(-c2ccc(F)cc2)c1/C=C/[C@H]1C[C@H](O)CC(=O)O1. The van der Waals surface area contributed by atoms with Crippen LogP contribution in [0.15, 0.2) is 30.3 Å². The number of hydrogen-bond acceptors (Lipinski definition) is 5. The number of carboxylic acid groups (broad SMARTS) is 1. The summed E-state index contributed by atoms with van der Waals surface area (Å²) in [6.45, 7) is 7.68. The molecular weight excluding hydrogens is 413 g/mol. The normalized spacial score (nSPS) is 19.1. The highest BCUT2D eigenvalue weighted by Crippen LogP contribution is 2.37. The molecule has 1 saturated heterocycles. The minimum Gasteiger partial charge on any atom is -0.478 e. The zero-order valence-corrected chi connectivity index (χ0v) is 18.6. The van der Waals surface area contributed by atoms with Crippen molar-refractivity contribution in [3.63, 3.8) is 0 Å². The van der Waals surface area contributed by atoms with Gasteiger partial charge in [-0.3, -0.25) is 9.78 Å². The number of nitrogens with zero attached hydrogens (tertiary/aromatic N) is 1. The van der Waals surface area contributed by atoms with Crippen molar-refractivity contribution in [1.29, 1.82) is 0 Å². The molecule has 6 nitrogen and oxygen atoms in total. The lowest BCUT2D eigenvalue weighted by atomic mass is 9.86. The molecule has 1 aliphatic heterocycles. The molecular formula is C25H28FNO5. The highest BCUT2D eigenvalue weighted by molar-refractivity contribution is 6.00. The van der Waals surface area contributed by atoms with Crippen LogP contribution in [0.25, 0.3) is 17.2 Å². The molecule has 0 bridgehead atoms. The molecule has 0 spiro atoms. The Kier molecular flexibility index (Phi) is 7.09. The van der Waals surface area contributed by atoms with Gasteiger partial charge in [-0.25, -0.2) is 9.18 Å². The van der Waals surface area contributed by atoms with Gasteiger partial charge in [-0.15, -0.1) is 0 Å². The van der Waals surface area contributed by atoms with Crippen molar-refractivity contribution in [2.45, 2.75) is 64.6 Å². The monoisotopic (exact) mass is 441 g/mol. The van der Waals surface area contributed by atoms with E-state index in [1.165, 1.54) is 12.1 Å². The number of carboxylic acids is 1. The van der Waals surface area contributed by atoms with Crippen LogP contribution in [0, 0.1) is 5.82 Å². The van der Waals surface area contributed by atoms with Gasteiger partial charge in [0.25, 0.3) is 0 Å². The predicted molar refractivity (Wildman–Crippen MR) is 119 cm³/mol. The van der Waals surface area contributed by atoms with Gasteiger partial charge in [-0.2, -0.15) is 0 Å². The second-order valence-corrected chi connectivity index (χ2v) is 8.65. The summed E-state index contributed by atoms with van der Waals surface area (Å²) in [5.41, 5.74) is 2.78. The molecule has 0 saturated carbocycles. The standard InChI is InChI=1S/C25H28FNO5/c1-13(2)23-19(10-9-18-11-17(28)12-20(29)32-18)21(15-5-7-16(26)8-6-15)22(25(30)31)24(27-23)14(3)4/h5-10,13-14,17-18,28H,11-12H2,1-4H3,(H,30,31)/b10-9+/t17-,18-/m0/s1. The summed E-state index contributed by atoms with van der Waals surface area (Å²) >= 11 is 0. The zero-order chi connectivity index (χ0) is 23.6. The zero-order valence-electron chi connectivity index (χ0n) is 18.6. The van der Waals surface area contributed by atoms with Crippen LogP contribution in [0.5, 0.6) is 0 Å². The number of esters is 1. The van der Waals surface area contributed by atoms with Gasteiger partial charge < -0.3 is 14.9 Å². The molecule has 170 valence electrons. The lowest BCUT2D eigenvalue weighted by Crippen LogP contribution is -2.31. The molecule has 1 aromatic heterocycles. The maximum Gasteiger partial charge on any atom is 0.338 e. The molecule has 1 aromatic carbocycles. The Balaban J connectivity index is 2.28. The summed E-state index contributed by atoms with van der Waals surface area (Å²) < 4.78 is 18.9. The fraction of sp³-hybridized carbons (Fsp3) is 0.400. The van der Waals surface area contributed by atoms with E-state index in [1.54, 1.807) is 24.3 Å². The van der Waals surface area contributed by atoms with Gasteiger partial charge in [-0.1, -0.05) is 45.9 Å². The number of aliphatic hydroxyl groups excluding tert-OH is 1. The van der Waals surface area contributed by atoms with Gasteiger partial charge in [0.2, 0.25) is 0 Å². The average Bonchev–Trinajstić information content (AvgIpc) is 2.70. The van der Waals surface area contributed by atoms with E-state index in [0.717, 1.165) is 0 Å². The van der Waals surface area contributed by atoms with Gasteiger partial charge in [-0.05, 0) is 35.6 Å². The van der Waals surface area contributed by atoms with Gasteiger partial charge in [0.1, 0.15) is 11.9 Å². The molecule has 2 aromatic rings. The third-order valence-corrected chi connectivity index (χ3v) is 5.40. The van der Waals surface area contributed by atoms with E-state index >= 15 is 0 Å². The van der Waals surface area contributed by atoms with E-state index in [1.807, 2.05) is 27.7 Å². The fourth-order valence-electron chi connectivity index (χ4n) is 3.93. The summed E-state index contributed by atoms with van der Waals surface area (Å²) in [7, 11) is 0. The number of carbonyl (C=O) groups is 2. The molecule has 1 fully saturated rings. The van der Waals surface area contributed by atoms with Crippen LogP contribution < -0.4 is 0 Å². The molecule has 2 N–H and O–H groups in total. The summed E-state index contributed by atoms with van der Waals surface area (Å²) in [4.78, 5) is 28.8. The second-order valence-electron chi connectivity index (χ2n) is 8.65. The first-order valence-corrected chi connectivity index (χ1v) is 10.7. The summed E-state index contributed by atoms with van der Waals surface area (Å²) in [5, 5.41) is 20.0. The molecule has 0 aliphatic carbocycles. The van der Waals surface area contributed by atoms with Crippen LogP contribution in [0.2, 0.25) is 0 Å². The first-order chi connectivity index (χ1) is 15.1. The number of halogens is 1. The maximum atomic E-state index is 13.6. The van der Waals surface area contributed by atoms with Crippen molar-refractivity contribution in [3.8, 4) is 11.1 Å². The highest BCUT2D eigenvalue weighted by Gasteiger charge is 2.28. The lowest BCUT2D eigenvalue weighted by Gasteiger charge is -2.24. The minimum atomic E-state index is -1.12. The largest absolute Gasteiger partial charge is 0.478 e. The van der Waals surface area contributed by atoms with Crippen molar-refractivity contribution >= 4 is 18.0 Å². The minimum absolute atomic E-state index is 0.0336. The molecule has 2 atom stereocenters. The number of carbonyl (C=O) groups excluding carboxylic acids is 1. The third kappa shape index (κ3) is 5.05. The Labute approximate surface area is 186 Å². The summed E-state index contributed by atoms with van der Waals surface area (Å²) in [5.74, 6) is -2.21. The quantitative estimate of drug-likeness (QED) is 0.618. The summed E-state index contributed by atoms with van der Waals surface area (Å²) in [6.07, 6.45) is 2.14. The number of aromatic carboxylic acids is 1. The number of aromatic nitrogens is 1. The van der Waals surface area contributed by atoms with E-state index in [0.29, 0.717) is 28.1 Å². The van der Waals surface area contributed by atoms with E-state index in [9.17, 15) is 24.2 Å². The van der Waals surface area contributed by atoms with Gasteiger partial charge in [0, 0.05) is 17.5 Å². The fourth-order valence-corrected chi connectivity index (χ4v) is 3.93. The Bertz CT molecular complexity index is 1040. The number of pyridine rings is 1. The Morgan fingerprint density at radius 3 is 2.31 bits per heavy atom. The second kappa shape index (κ2) is 9.61. The number of aliphatic hydroxyl groups is 1. The van der Waals surface area contributed by atoms with Crippen LogP contribution >= 0.6 is 0 Å². The molecule has 3 rings (SSSR count). The molecule has 7 heteroatoms. The molecule has 2 heterocycles. The van der Waals surface area contributed by atoms with Crippen LogP contribution in [0.1, 0.15) is 79.7 Å². The third-order valence-electron chi connectivity index (χ3n) is 5.40. The van der Waals surface area contributed by atoms with Crippen molar-refractivity contribution in [1.82, 2.24) is 4.98 Å². The first kappa shape index (κ1) is 23.6. The van der Waals surface area contributed by atoms with Crippen LogP contribution in [-0.2, 0) is 9.53 Å². The Hall–Kier alpha value is -3.06. The molecule has 0 radical (unpaired) electrons. The molecule has 0 amide bonds. The lowest BCUT2D eigenvalue weighted by molar-refractivity contribution is -0.156. The van der Waals surface area contributed by atoms with E-state index < -0.39 is 30.0 Å². The predicted octanol–water partition coefficient (Wildman–Crippen LogP) is 4.91. The Morgan fingerprint density at radius 1 is 1.16 bits per heavy atom. The Morgan fingerprint density at radius 2 is 1.78 bits per heavy atom. The van der Waals surface area contributed by atoms with E-state index in [4.69, 9.17) is 9.72 Å². The van der Waals surface area contributed by atoms with Crippen LogP contribution in [0.3, 0.4) is 0 Å². The number of cyclic esters (lactones) is 1. The van der Waals surface area contributed by atoms with Crippen LogP contribution in [0.4, 0.5) is 4.39 Å². The van der Waals surface area contributed by atoms with E-state index in [-0.39, 0.29) is 30.2 Å². The van der Waals surface area contributed by atoms with Gasteiger partial charge in [0.15, 0.2) is 0 Å². The smallest absolute Gasteiger partial charge is 0.338 e. The van der Waals surface area contributed by atoms with E-state index in [2.05, 4.69) is 0 Å². The highest BCUT2D eigenvalue weighted by atomic mass is 19.1. The number of ether oxygens (including phenoxy) is 1. The number of benzene rings is 1. The number of rotatable bonds is 6. The van der Waals surface area contributed by atoms with Gasteiger partial charge >= 0.3 is 11.9 Å². The van der Waals surface area contributed by atoms with Crippen molar-refractivity contribution in [2.75, 3.05) is 0 Å².